The van der Waals surface area contributed by atoms with E-state index >= 15 is 0 Å². The maximum Gasteiger partial charge on any atom is 0.0715 e. The van der Waals surface area contributed by atoms with Crippen LogP contribution in [0.1, 0.15) is 39.0 Å². The number of fused-ring (bicyclic) bond motifs is 3. The van der Waals surface area contributed by atoms with E-state index in [1.165, 1.54) is 16.1 Å². The van der Waals surface area contributed by atoms with Gasteiger partial charge in [-0.2, -0.15) is 0 Å². The summed E-state index contributed by atoms with van der Waals surface area (Å²) in [6.07, 6.45) is 0.768. The number of hydroxylamine groups is 2. The van der Waals surface area contributed by atoms with Crippen LogP contribution in [0.25, 0.3) is 10.9 Å². The molecule has 1 radical (unpaired) electrons. The number of H-pyrrole nitrogens is 1. The second-order valence-electron chi connectivity index (χ2n) is 6.37. The number of benzene rings is 1. The summed E-state index contributed by atoms with van der Waals surface area (Å²) in [6.45, 7) is 8.05. The summed E-state index contributed by atoms with van der Waals surface area (Å²) in [6, 6.07) is 8.23. The predicted octanol–water partition coefficient (Wildman–Crippen LogP) is 3.39. The summed E-state index contributed by atoms with van der Waals surface area (Å²) >= 11 is 0. The zero-order chi connectivity index (χ0) is 13.1. The molecule has 1 aromatic carbocycles. The van der Waals surface area contributed by atoms with Crippen molar-refractivity contribution in [2.75, 3.05) is 0 Å². The lowest BCUT2D eigenvalue weighted by Crippen LogP contribution is -2.55. The van der Waals surface area contributed by atoms with Crippen molar-refractivity contribution >= 4 is 10.9 Å². The van der Waals surface area contributed by atoms with Crippen LogP contribution >= 0.6 is 0 Å². The van der Waals surface area contributed by atoms with Crippen molar-refractivity contribution < 1.29 is 5.21 Å². The standard InChI is InChI=1S/C15H19N2O/c1-14(2)9-12-13(15(3,4)17(14)18)10-7-5-6-8-11(10)16-12/h5-8,16H,9H2,1-4H3. The third-order valence-electron chi connectivity index (χ3n) is 4.06. The molecule has 3 rings (SSSR count). The first kappa shape index (κ1) is 11.8. The van der Waals surface area contributed by atoms with Gasteiger partial charge in [-0.3, -0.25) is 0 Å². The van der Waals surface area contributed by atoms with Gasteiger partial charge in [-0.05, 0) is 33.8 Å². The van der Waals surface area contributed by atoms with Crippen LogP contribution in [-0.2, 0) is 17.2 Å². The van der Waals surface area contributed by atoms with Gasteiger partial charge in [-0.25, -0.2) is 0 Å². The van der Waals surface area contributed by atoms with E-state index in [0.717, 1.165) is 17.5 Å². The lowest BCUT2D eigenvalue weighted by atomic mass is 9.79. The third-order valence-corrected chi connectivity index (χ3v) is 4.06. The van der Waals surface area contributed by atoms with Gasteiger partial charge in [0.2, 0.25) is 0 Å². The molecule has 1 aliphatic heterocycles. The van der Waals surface area contributed by atoms with E-state index in [9.17, 15) is 5.21 Å². The molecule has 95 valence electrons. The summed E-state index contributed by atoms with van der Waals surface area (Å²) in [5.41, 5.74) is 2.64. The smallest absolute Gasteiger partial charge is 0.0715 e. The zero-order valence-electron chi connectivity index (χ0n) is 11.4. The summed E-state index contributed by atoms with van der Waals surface area (Å²) in [7, 11) is 0. The molecule has 0 aliphatic carbocycles. The average molecular weight is 243 g/mol. The van der Waals surface area contributed by atoms with E-state index in [1.807, 2.05) is 39.8 Å². The second-order valence-corrected chi connectivity index (χ2v) is 6.37. The molecular weight excluding hydrogens is 224 g/mol. The van der Waals surface area contributed by atoms with Gasteiger partial charge in [0.05, 0.1) is 11.1 Å². The number of aromatic nitrogens is 1. The van der Waals surface area contributed by atoms with E-state index in [2.05, 4.69) is 17.1 Å². The Bertz CT molecular complexity index is 610. The Morgan fingerprint density at radius 1 is 1.17 bits per heavy atom. The van der Waals surface area contributed by atoms with Crippen molar-refractivity contribution in [2.24, 2.45) is 0 Å². The lowest BCUT2D eigenvalue weighted by molar-refractivity contribution is -0.280. The van der Waals surface area contributed by atoms with E-state index in [4.69, 9.17) is 0 Å². The van der Waals surface area contributed by atoms with Crippen LogP contribution in [-0.4, -0.2) is 15.6 Å². The topological polar surface area (TPSA) is 38.9 Å². The zero-order valence-corrected chi connectivity index (χ0v) is 11.4. The molecule has 2 aromatic rings. The van der Waals surface area contributed by atoms with Crippen molar-refractivity contribution in [1.29, 1.82) is 0 Å². The summed E-state index contributed by atoms with van der Waals surface area (Å²) < 4.78 is 0. The van der Waals surface area contributed by atoms with Gasteiger partial charge in [-0.15, -0.1) is 10.3 Å². The first-order chi connectivity index (χ1) is 8.34. The van der Waals surface area contributed by atoms with Gasteiger partial charge < -0.3 is 4.98 Å². The van der Waals surface area contributed by atoms with Crippen LogP contribution < -0.4 is 0 Å². The molecule has 0 bridgehead atoms. The summed E-state index contributed by atoms with van der Waals surface area (Å²) in [4.78, 5) is 3.48. The average Bonchev–Trinajstić information content (AvgIpc) is 2.64. The van der Waals surface area contributed by atoms with Crippen LogP contribution in [0.3, 0.4) is 0 Å². The number of rotatable bonds is 0. The first-order valence-electron chi connectivity index (χ1n) is 6.41. The van der Waals surface area contributed by atoms with Gasteiger partial charge in [0, 0.05) is 28.6 Å². The maximum absolute atomic E-state index is 12.6. The molecule has 3 nitrogen and oxygen atoms in total. The highest BCUT2D eigenvalue weighted by molar-refractivity contribution is 5.86. The molecular formula is C15H19N2O. The Balaban J connectivity index is 2.34. The molecule has 0 fully saturated rings. The minimum Gasteiger partial charge on any atom is -0.358 e. The Hall–Kier alpha value is -1.32. The highest BCUT2D eigenvalue weighted by atomic mass is 16.5. The van der Waals surface area contributed by atoms with Crippen LogP contribution in [0, 0.1) is 0 Å². The molecule has 1 N–H and O–H groups in total. The SMILES string of the molecule is CC1(C)Cc2[nH]c3ccccc3c2C(C)(C)N1[O]. The van der Waals surface area contributed by atoms with E-state index in [-0.39, 0.29) is 5.54 Å². The largest absolute Gasteiger partial charge is 0.358 e. The first-order valence-corrected chi connectivity index (χ1v) is 6.41. The Labute approximate surface area is 107 Å². The maximum atomic E-state index is 12.6. The molecule has 0 saturated heterocycles. The fraction of sp³-hybridized carbons (Fsp3) is 0.467. The number of hydrogen-bond acceptors (Lipinski definition) is 1. The molecule has 1 aliphatic rings. The minimum absolute atomic E-state index is 0.364. The highest BCUT2D eigenvalue weighted by Crippen LogP contribution is 2.44. The fourth-order valence-corrected chi connectivity index (χ4v) is 3.39. The number of nitrogens with one attached hydrogen (secondary N) is 1. The van der Waals surface area contributed by atoms with Gasteiger partial charge in [0.15, 0.2) is 0 Å². The minimum atomic E-state index is -0.489. The number of aromatic amines is 1. The second kappa shape index (κ2) is 3.37. The lowest BCUT2D eigenvalue weighted by Gasteiger charge is -2.46. The fourth-order valence-electron chi connectivity index (χ4n) is 3.39. The molecule has 0 unspecified atom stereocenters. The molecule has 0 spiro atoms. The highest BCUT2D eigenvalue weighted by Gasteiger charge is 2.47. The van der Waals surface area contributed by atoms with Crippen molar-refractivity contribution in [3.05, 3.63) is 35.5 Å². The van der Waals surface area contributed by atoms with Crippen molar-refractivity contribution in [2.45, 2.75) is 45.2 Å². The number of nitrogens with zero attached hydrogens (tertiary/aromatic N) is 1. The molecule has 18 heavy (non-hydrogen) atoms. The molecule has 3 heteroatoms. The molecule has 0 saturated carbocycles. The van der Waals surface area contributed by atoms with Crippen LogP contribution in [0.4, 0.5) is 0 Å². The Morgan fingerprint density at radius 3 is 2.56 bits per heavy atom. The Morgan fingerprint density at radius 2 is 1.83 bits per heavy atom. The molecule has 2 heterocycles. The van der Waals surface area contributed by atoms with Gasteiger partial charge >= 0.3 is 0 Å². The van der Waals surface area contributed by atoms with Gasteiger partial charge in [0.25, 0.3) is 0 Å². The Kier molecular flexibility index (Phi) is 2.20. The number of hydrogen-bond donors (Lipinski definition) is 1. The van der Waals surface area contributed by atoms with Gasteiger partial charge in [-0.1, -0.05) is 18.2 Å². The van der Waals surface area contributed by atoms with E-state index < -0.39 is 5.54 Å². The predicted molar refractivity (Wildman–Crippen MR) is 71.6 cm³/mol. The summed E-state index contributed by atoms with van der Waals surface area (Å²) in [5.74, 6) is 0. The van der Waals surface area contributed by atoms with E-state index in [1.54, 1.807) is 0 Å². The normalized spacial score (nSPS) is 22.1. The van der Waals surface area contributed by atoms with Crippen LogP contribution in [0.5, 0.6) is 0 Å². The molecule has 0 amide bonds. The number of para-hydroxylation sites is 1. The van der Waals surface area contributed by atoms with Crippen LogP contribution in [0.2, 0.25) is 0 Å². The van der Waals surface area contributed by atoms with Crippen molar-refractivity contribution in [1.82, 2.24) is 10.0 Å². The van der Waals surface area contributed by atoms with E-state index in [0.29, 0.717) is 0 Å². The third kappa shape index (κ3) is 1.38. The van der Waals surface area contributed by atoms with Gasteiger partial charge in [0.1, 0.15) is 0 Å². The molecule has 0 atom stereocenters. The van der Waals surface area contributed by atoms with Crippen molar-refractivity contribution in [3.63, 3.8) is 0 Å². The summed E-state index contributed by atoms with van der Waals surface area (Å²) in [5, 5.41) is 15.0. The monoisotopic (exact) mass is 243 g/mol. The quantitative estimate of drug-likeness (QED) is 0.757. The van der Waals surface area contributed by atoms with Crippen molar-refractivity contribution in [3.8, 4) is 0 Å². The van der Waals surface area contributed by atoms with Crippen LogP contribution in [0.15, 0.2) is 24.3 Å². The molecule has 1 aromatic heterocycles.